The van der Waals surface area contributed by atoms with Crippen LogP contribution in [0.3, 0.4) is 0 Å². The van der Waals surface area contributed by atoms with Crippen molar-refractivity contribution in [3.05, 3.63) is 68.3 Å². The molecule has 10 nitrogen and oxygen atoms in total. The predicted octanol–water partition coefficient (Wildman–Crippen LogP) is 3.62. The van der Waals surface area contributed by atoms with E-state index in [4.69, 9.17) is 4.52 Å². The van der Waals surface area contributed by atoms with Gasteiger partial charge in [0.25, 0.3) is 5.56 Å². The SMILES string of the molecule is CCCCCn1c2nc(Br)[nH]c2c(=O)n2c(CCc3nc(Cc4ccccc4F)no3)nnc12. The van der Waals surface area contributed by atoms with E-state index in [1.165, 1.54) is 10.5 Å². The predicted molar refractivity (Wildman–Crippen MR) is 125 cm³/mol. The van der Waals surface area contributed by atoms with Crippen LogP contribution in [-0.4, -0.2) is 39.3 Å². The highest BCUT2D eigenvalue weighted by Gasteiger charge is 2.20. The topological polar surface area (TPSA) is 120 Å². The third kappa shape index (κ3) is 4.25. The third-order valence-corrected chi connectivity index (χ3v) is 6.02. The molecule has 1 aromatic carbocycles. The Morgan fingerprint density at radius 2 is 2.00 bits per heavy atom. The normalized spacial score (nSPS) is 11.7. The van der Waals surface area contributed by atoms with Gasteiger partial charge in [-0.1, -0.05) is 43.1 Å². The molecule has 5 rings (SSSR count). The number of nitrogens with zero attached hydrogens (tertiary/aromatic N) is 7. The second-order valence-electron chi connectivity index (χ2n) is 8.01. The van der Waals surface area contributed by atoms with Gasteiger partial charge in [0, 0.05) is 25.8 Å². The van der Waals surface area contributed by atoms with E-state index in [1.807, 2.05) is 4.57 Å². The van der Waals surface area contributed by atoms with E-state index in [2.05, 4.69) is 53.2 Å². The van der Waals surface area contributed by atoms with Crippen LogP contribution < -0.4 is 5.56 Å². The van der Waals surface area contributed by atoms with Crippen LogP contribution >= 0.6 is 15.9 Å². The van der Waals surface area contributed by atoms with Crippen LogP contribution in [0.2, 0.25) is 0 Å². The molecule has 0 spiro atoms. The monoisotopic (exact) mass is 528 g/mol. The quantitative estimate of drug-likeness (QED) is 0.229. The molecule has 4 heterocycles. The van der Waals surface area contributed by atoms with Crippen LogP contribution in [0, 0.1) is 5.82 Å². The number of unbranched alkanes of at least 4 members (excludes halogenated alkanes) is 2. The number of aromatic amines is 1. The third-order valence-electron chi connectivity index (χ3n) is 5.65. The van der Waals surface area contributed by atoms with Gasteiger partial charge in [-0.15, -0.1) is 10.2 Å². The van der Waals surface area contributed by atoms with Gasteiger partial charge in [-0.25, -0.2) is 13.8 Å². The Kier molecular flexibility index (Phi) is 6.22. The molecule has 0 saturated carbocycles. The van der Waals surface area contributed by atoms with E-state index in [1.54, 1.807) is 18.2 Å². The van der Waals surface area contributed by atoms with Gasteiger partial charge in [0.15, 0.2) is 21.7 Å². The Labute approximate surface area is 201 Å². The molecule has 176 valence electrons. The number of hydrogen-bond donors (Lipinski definition) is 1. The molecule has 12 heteroatoms. The van der Waals surface area contributed by atoms with Crippen molar-refractivity contribution in [3.8, 4) is 0 Å². The number of aromatic nitrogens is 8. The highest BCUT2D eigenvalue weighted by molar-refractivity contribution is 9.10. The van der Waals surface area contributed by atoms with Gasteiger partial charge >= 0.3 is 0 Å². The number of H-pyrrole nitrogens is 1. The summed E-state index contributed by atoms with van der Waals surface area (Å²) < 4.78 is 23.1. The molecule has 34 heavy (non-hydrogen) atoms. The lowest BCUT2D eigenvalue weighted by Crippen LogP contribution is -2.21. The summed E-state index contributed by atoms with van der Waals surface area (Å²) in [6.45, 7) is 2.81. The summed E-state index contributed by atoms with van der Waals surface area (Å²) in [6.07, 6.45) is 4.03. The van der Waals surface area contributed by atoms with Crippen molar-refractivity contribution in [1.82, 2.24) is 39.3 Å². The van der Waals surface area contributed by atoms with E-state index in [-0.39, 0.29) is 17.8 Å². The van der Waals surface area contributed by atoms with Gasteiger partial charge in [-0.3, -0.25) is 9.36 Å². The molecule has 0 fully saturated rings. The molecule has 5 aromatic rings. The molecule has 0 saturated heterocycles. The number of nitrogens with one attached hydrogen (secondary N) is 1. The highest BCUT2D eigenvalue weighted by Crippen LogP contribution is 2.17. The zero-order valence-electron chi connectivity index (χ0n) is 18.5. The number of imidazole rings is 1. The molecule has 1 N–H and O–H groups in total. The fourth-order valence-electron chi connectivity index (χ4n) is 3.96. The van der Waals surface area contributed by atoms with Gasteiger partial charge in [-0.2, -0.15) is 4.98 Å². The summed E-state index contributed by atoms with van der Waals surface area (Å²) in [5.41, 5.74) is 1.17. The van der Waals surface area contributed by atoms with Crippen LogP contribution in [0.25, 0.3) is 16.9 Å². The van der Waals surface area contributed by atoms with Gasteiger partial charge in [-0.05, 0) is 34.0 Å². The van der Waals surface area contributed by atoms with Crippen LogP contribution in [-0.2, 0) is 25.8 Å². The number of aryl methyl sites for hydroxylation is 3. The average molecular weight is 529 g/mol. The lowest BCUT2D eigenvalue weighted by Gasteiger charge is -2.09. The zero-order chi connectivity index (χ0) is 23.7. The Hall–Kier alpha value is -3.41. The van der Waals surface area contributed by atoms with E-state index in [0.29, 0.717) is 64.2 Å². The summed E-state index contributed by atoms with van der Waals surface area (Å²) in [5.74, 6) is 1.42. The van der Waals surface area contributed by atoms with Crippen molar-refractivity contribution in [1.29, 1.82) is 0 Å². The largest absolute Gasteiger partial charge is 0.339 e. The van der Waals surface area contributed by atoms with Crippen LogP contribution in [0.5, 0.6) is 0 Å². The first-order valence-electron chi connectivity index (χ1n) is 11.1. The number of benzene rings is 1. The fraction of sp³-hybridized carbons (Fsp3) is 0.364. The molecular weight excluding hydrogens is 507 g/mol. The lowest BCUT2D eigenvalue weighted by molar-refractivity contribution is 0.372. The van der Waals surface area contributed by atoms with Crippen LogP contribution in [0.4, 0.5) is 4.39 Å². The Bertz CT molecular complexity index is 1520. The van der Waals surface area contributed by atoms with Crippen molar-refractivity contribution in [2.45, 2.75) is 52.0 Å². The molecule has 0 aliphatic heterocycles. The van der Waals surface area contributed by atoms with E-state index in [0.717, 1.165) is 19.3 Å². The van der Waals surface area contributed by atoms with Gasteiger partial charge < -0.3 is 9.51 Å². The van der Waals surface area contributed by atoms with Crippen LogP contribution in [0.1, 0.15) is 49.3 Å². The molecule has 0 radical (unpaired) electrons. The smallest absolute Gasteiger partial charge is 0.286 e. The first-order valence-corrected chi connectivity index (χ1v) is 11.9. The minimum Gasteiger partial charge on any atom is -0.339 e. The zero-order valence-corrected chi connectivity index (χ0v) is 20.0. The molecule has 0 bridgehead atoms. The lowest BCUT2D eigenvalue weighted by atomic mass is 10.1. The Balaban J connectivity index is 1.41. The fourth-order valence-corrected chi connectivity index (χ4v) is 4.33. The molecule has 0 unspecified atom stereocenters. The first kappa shape index (κ1) is 22.4. The average Bonchev–Trinajstić information content (AvgIpc) is 3.55. The summed E-state index contributed by atoms with van der Waals surface area (Å²) in [6, 6.07) is 6.49. The van der Waals surface area contributed by atoms with Crippen molar-refractivity contribution in [2.75, 3.05) is 0 Å². The summed E-state index contributed by atoms with van der Waals surface area (Å²) in [5, 5.41) is 12.5. The number of rotatable bonds is 9. The number of hydrogen-bond acceptors (Lipinski definition) is 7. The molecule has 4 aromatic heterocycles. The van der Waals surface area contributed by atoms with Crippen molar-refractivity contribution in [2.24, 2.45) is 0 Å². The van der Waals surface area contributed by atoms with Gasteiger partial charge in [0.2, 0.25) is 11.7 Å². The maximum Gasteiger partial charge on any atom is 0.286 e. The summed E-state index contributed by atoms with van der Waals surface area (Å²) >= 11 is 3.33. The van der Waals surface area contributed by atoms with E-state index in [9.17, 15) is 9.18 Å². The van der Waals surface area contributed by atoms with E-state index < -0.39 is 0 Å². The minimum atomic E-state index is -0.309. The number of halogens is 2. The Morgan fingerprint density at radius 3 is 2.82 bits per heavy atom. The highest BCUT2D eigenvalue weighted by atomic mass is 79.9. The molecule has 0 amide bonds. The maximum atomic E-state index is 13.9. The summed E-state index contributed by atoms with van der Waals surface area (Å²) in [4.78, 5) is 25.0. The van der Waals surface area contributed by atoms with Gasteiger partial charge in [0.05, 0.1) is 0 Å². The van der Waals surface area contributed by atoms with Crippen molar-refractivity contribution < 1.29 is 8.91 Å². The number of fused-ring (bicyclic) bond motifs is 2. The molecular formula is C22H22BrFN8O2. The van der Waals surface area contributed by atoms with E-state index >= 15 is 0 Å². The first-order chi connectivity index (χ1) is 16.5. The standard InChI is InChI=1S/C22H22BrFN8O2/c1-2-3-6-11-31-19-18(26-21(23)27-19)20(33)32-16(28-29-22(31)32)9-10-17-25-15(30-34-17)12-13-7-4-5-8-14(13)24/h4-5,7-8H,2-3,6,9-12H2,1H3,(H,26,27). The van der Waals surface area contributed by atoms with Crippen molar-refractivity contribution in [3.63, 3.8) is 0 Å². The molecule has 0 aliphatic carbocycles. The Morgan fingerprint density at radius 1 is 1.15 bits per heavy atom. The van der Waals surface area contributed by atoms with Crippen molar-refractivity contribution >= 4 is 32.9 Å². The summed E-state index contributed by atoms with van der Waals surface area (Å²) in [7, 11) is 0. The molecule has 0 aliphatic rings. The second kappa shape index (κ2) is 9.45. The minimum absolute atomic E-state index is 0.235. The maximum absolute atomic E-state index is 13.9. The molecule has 0 atom stereocenters. The van der Waals surface area contributed by atoms with Gasteiger partial charge in [0.1, 0.15) is 11.6 Å². The second-order valence-corrected chi connectivity index (χ2v) is 8.77. The van der Waals surface area contributed by atoms with Crippen LogP contribution in [0.15, 0.2) is 38.3 Å².